The fourth-order valence-electron chi connectivity index (χ4n) is 3.96. The molecule has 1 saturated carbocycles. The molecule has 3 rings (SSSR count). The van der Waals surface area contributed by atoms with Crippen molar-refractivity contribution in [2.75, 3.05) is 33.7 Å². The first kappa shape index (κ1) is 18.2. The van der Waals surface area contributed by atoms with Gasteiger partial charge in [-0.1, -0.05) is 25.3 Å². The molecule has 1 aromatic heterocycles. The van der Waals surface area contributed by atoms with Gasteiger partial charge in [0, 0.05) is 32.1 Å². The standard InChI is InChI=1S/C19H30N4OS/c1-22(2)17(24)14-21-18(20-13-16-7-6-12-25-16)23-11-10-19(15-23)8-4-3-5-9-19/h6-7,12H,3-5,8-11,13-15H2,1-2H3,(H,20,21). The van der Waals surface area contributed by atoms with Crippen LogP contribution in [0.3, 0.4) is 0 Å². The van der Waals surface area contributed by atoms with E-state index in [2.05, 4.69) is 32.7 Å². The summed E-state index contributed by atoms with van der Waals surface area (Å²) in [4.78, 5) is 21.9. The van der Waals surface area contributed by atoms with Crippen LogP contribution in [0.25, 0.3) is 0 Å². The van der Waals surface area contributed by atoms with E-state index in [1.807, 2.05) is 0 Å². The molecule has 6 heteroatoms. The highest BCUT2D eigenvalue weighted by molar-refractivity contribution is 7.09. The van der Waals surface area contributed by atoms with Crippen LogP contribution in [-0.2, 0) is 11.3 Å². The van der Waals surface area contributed by atoms with E-state index in [0.717, 1.165) is 25.6 Å². The van der Waals surface area contributed by atoms with Crippen LogP contribution in [0.5, 0.6) is 0 Å². The summed E-state index contributed by atoms with van der Waals surface area (Å²) in [6, 6.07) is 4.20. The van der Waals surface area contributed by atoms with Crippen molar-refractivity contribution in [2.45, 2.75) is 45.1 Å². The SMILES string of the molecule is CN(C)C(=O)CN=C(NCc1cccs1)N1CCC2(CCCCC2)C1. The van der Waals surface area contributed by atoms with Crippen LogP contribution in [-0.4, -0.2) is 55.4 Å². The fraction of sp³-hybridized carbons (Fsp3) is 0.684. The lowest BCUT2D eigenvalue weighted by Crippen LogP contribution is -2.42. The van der Waals surface area contributed by atoms with Crippen LogP contribution in [0.1, 0.15) is 43.4 Å². The van der Waals surface area contributed by atoms with E-state index in [1.54, 1.807) is 30.3 Å². The summed E-state index contributed by atoms with van der Waals surface area (Å²) in [6.45, 7) is 3.12. The number of likely N-dealkylation sites (N-methyl/N-ethyl adjacent to an activating group) is 1. The van der Waals surface area contributed by atoms with E-state index in [0.29, 0.717) is 5.41 Å². The normalized spacial score (nSPS) is 20.1. The molecule has 1 aromatic rings. The number of carbonyl (C=O) groups is 1. The molecular formula is C19H30N4OS. The van der Waals surface area contributed by atoms with Gasteiger partial charge < -0.3 is 15.1 Å². The summed E-state index contributed by atoms with van der Waals surface area (Å²) >= 11 is 1.75. The van der Waals surface area contributed by atoms with Crippen LogP contribution < -0.4 is 5.32 Å². The molecule has 0 bridgehead atoms. The number of carbonyl (C=O) groups excluding carboxylic acids is 1. The molecule has 1 spiro atoms. The lowest BCUT2D eigenvalue weighted by Gasteiger charge is -2.33. The van der Waals surface area contributed by atoms with Crippen molar-refractivity contribution in [1.29, 1.82) is 0 Å². The summed E-state index contributed by atoms with van der Waals surface area (Å²) in [5, 5.41) is 5.59. The quantitative estimate of drug-likeness (QED) is 0.662. The Hall–Kier alpha value is -1.56. The van der Waals surface area contributed by atoms with Gasteiger partial charge in [0.1, 0.15) is 6.54 Å². The maximum Gasteiger partial charge on any atom is 0.243 e. The maximum absolute atomic E-state index is 12.0. The van der Waals surface area contributed by atoms with Gasteiger partial charge in [-0.3, -0.25) is 4.79 Å². The Morgan fingerprint density at radius 2 is 2.12 bits per heavy atom. The number of likely N-dealkylation sites (tertiary alicyclic amines) is 1. The highest BCUT2D eigenvalue weighted by atomic mass is 32.1. The number of hydrogen-bond acceptors (Lipinski definition) is 3. The van der Waals surface area contributed by atoms with E-state index in [-0.39, 0.29) is 12.5 Å². The molecule has 0 aromatic carbocycles. The Labute approximate surface area is 155 Å². The van der Waals surface area contributed by atoms with Crippen LogP contribution in [0.4, 0.5) is 0 Å². The molecule has 2 heterocycles. The maximum atomic E-state index is 12.0. The zero-order valence-electron chi connectivity index (χ0n) is 15.5. The molecule has 0 atom stereocenters. The molecule has 0 unspecified atom stereocenters. The van der Waals surface area contributed by atoms with Crippen molar-refractivity contribution in [3.05, 3.63) is 22.4 Å². The molecule has 1 amide bonds. The van der Waals surface area contributed by atoms with E-state index >= 15 is 0 Å². The van der Waals surface area contributed by atoms with Crippen LogP contribution in [0.15, 0.2) is 22.5 Å². The second-order valence-electron chi connectivity index (χ2n) is 7.59. The number of nitrogens with one attached hydrogen (secondary N) is 1. The summed E-state index contributed by atoms with van der Waals surface area (Å²) in [7, 11) is 3.56. The Balaban J connectivity index is 1.66. The lowest BCUT2D eigenvalue weighted by molar-refractivity contribution is -0.127. The molecule has 1 aliphatic carbocycles. The molecule has 1 aliphatic heterocycles. The van der Waals surface area contributed by atoms with Crippen molar-refractivity contribution in [3.63, 3.8) is 0 Å². The Morgan fingerprint density at radius 3 is 2.80 bits per heavy atom. The van der Waals surface area contributed by atoms with E-state index in [1.165, 1.54) is 43.4 Å². The van der Waals surface area contributed by atoms with Crippen molar-refractivity contribution in [2.24, 2.45) is 10.4 Å². The summed E-state index contributed by atoms with van der Waals surface area (Å²) < 4.78 is 0. The number of nitrogens with zero attached hydrogens (tertiary/aromatic N) is 3. The molecule has 1 saturated heterocycles. The molecule has 2 aliphatic rings. The van der Waals surface area contributed by atoms with Crippen LogP contribution >= 0.6 is 11.3 Å². The Morgan fingerprint density at radius 1 is 1.32 bits per heavy atom. The Bertz CT molecular complexity index is 591. The predicted molar refractivity (Wildman–Crippen MR) is 104 cm³/mol. The number of hydrogen-bond donors (Lipinski definition) is 1. The number of guanidine groups is 1. The van der Waals surface area contributed by atoms with Gasteiger partial charge in [0.05, 0.1) is 6.54 Å². The fourth-order valence-corrected chi connectivity index (χ4v) is 4.60. The smallest absolute Gasteiger partial charge is 0.243 e. The minimum Gasteiger partial charge on any atom is -0.351 e. The zero-order chi connectivity index (χ0) is 17.7. The van der Waals surface area contributed by atoms with Gasteiger partial charge in [-0.05, 0) is 36.1 Å². The van der Waals surface area contributed by atoms with Crippen LogP contribution in [0, 0.1) is 5.41 Å². The van der Waals surface area contributed by atoms with Gasteiger partial charge in [-0.15, -0.1) is 11.3 Å². The molecule has 1 N–H and O–H groups in total. The first-order valence-corrected chi connectivity index (χ1v) is 10.2. The van der Waals surface area contributed by atoms with Gasteiger partial charge in [0.2, 0.25) is 5.91 Å². The predicted octanol–water partition coefficient (Wildman–Crippen LogP) is 2.94. The van der Waals surface area contributed by atoms with Gasteiger partial charge in [0.25, 0.3) is 0 Å². The molecule has 2 fully saturated rings. The van der Waals surface area contributed by atoms with Crippen molar-refractivity contribution < 1.29 is 4.79 Å². The third-order valence-corrected chi connectivity index (χ3v) is 6.39. The molecule has 138 valence electrons. The molecular weight excluding hydrogens is 332 g/mol. The highest BCUT2D eigenvalue weighted by Gasteiger charge is 2.39. The minimum absolute atomic E-state index is 0.0435. The van der Waals surface area contributed by atoms with Gasteiger partial charge in [0.15, 0.2) is 5.96 Å². The van der Waals surface area contributed by atoms with Gasteiger partial charge in [-0.2, -0.15) is 0 Å². The van der Waals surface area contributed by atoms with E-state index in [4.69, 9.17) is 0 Å². The van der Waals surface area contributed by atoms with Crippen molar-refractivity contribution in [3.8, 4) is 0 Å². The number of thiophene rings is 1. The number of amides is 1. The van der Waals surface area contributed by atoms with Gasteiger partial charge >= 0.3 is 0 Å². The summed E-state index contributed by atoms with van der Waals surface area (Å²) in [6.07, 6.45) is 8.06. The third kappa shape index (κ3) is 4.75. The number of aliphatic imine (C=N–C) groups is 1. The minimum atomic E-state index is 0.0435. The second-order valence-corrected chi connectivity index (χ2v) is 8.63. The first-order chi connectivity index (χ1) is 12.1. The zero-order valence-corrected chi connectivity index (χ0v) is 16.3. The topological polar surface area (TPSA) is 47.9 Å². The summed E-state index contributed by atoms with van der Waals surface area (Å²) in [5.74, 6) is 0.938. The monoisotopic (exact) mass is 362 g/mol. The van der Waals surface area contributed by atoms with Crippen LogP contribution in [0.2, 0.25) is 0 Å². The van der Waals surface area contributed by atoms with Gasteiger partial charge in [-0.25, -0.2) is 4.99 Å². The van der Waals surface area contributed by atoms with Crippen molar-refractivity contribution in [1.82, 2.24) is 15.1 Å². The summed E-state index contributed by atoms with van der Waals surface area (Å²) in [5.41, 5.74) is 0.481. The molecule has 0 radical (unpaired) electrons. The second kappa shape index (κ2) is 8.21. The average molecular weight is 363 g/mol. The van der Waals surface area contributed by atoms with E-state index < -0.39 is 0 Å². The third-order valence-electron chi connectivity index (χ3n) is 5.52. The largest absolute Gasteiger partial charge is 0.351 e. The average Bonchev–Trinajstić information content (AvgIpc) is 3.26. The molecule has 5 nitrogen and oxygen atoms in total. The van der Waals surface area contributed by atoms with E-state index in [9.17, 15) is 4.79 Å². The number of rotatable bonds is 4. The highest BCUT2D eigenvalue weighted by Crippen LogP contribution is 2.43. The molecule has 25 heavy (non-hydrogen) atoms. The van der Waals surface area contributed by atoms with Crippen molar-refractivity contribution >= 4 is 23.2 Å². The Kier molecular flexibility index (Phi) is 5.99. The first-order valence-electron chi connectivity index (χ1n) is 9.34. The lowest BCUT2D eigenvalue weighted by atomic mass is 9.73.